The summed E-state index contributed by atoms with van der Waals surface area (Å²) in [5, 5.41) is 1.51. The van der Waals surface area contributed by atoms with Gasteiger partial charge in [-0.15, -0.1) is 11.8 Å². The molecule has 0 aromatic carbocycles. The second kappa shape index (κ2) is 11.8. The molecule has 0 saturated carbocycles. The van der Waals surface area contributed by atoms with Crippen LogP contribution >= 0.6 is 11.8 Å². The average molecular weight is 200 g/mol. The lowest BCUT2D eigenvalue weighted by molar-refractivity contribution is 0.569. The summed E-state index contributed by atoms with van der Waals surface area (Å²) in [5.41, 5.74) is 0. The average Bonchev–Trinajstić information content (AvgIpc) is 2.16. The Balaban J connectivity index is 2.87. The summed E-state index contributed by atoms with van der Waals surface area (Å²) >= 11 is 1.57. The Labute approximate surface area is 86.0 Å². The lowest BCUT2D eigenvalue weighted by Crippen LogP contribution is -1.81. The number of hydrogen-bond acceptors (Lipinski definition) is 2. The Morgan fingerprint density at radius 2 is 1.69 bits per heavy atom. The van der Waals surface area contributed by atoms with Crippen molar-refractivity contribution in [2.24, 2.45) is 0 Å². The highest BCUT2D eigenvalue weighted by Gasteiger charge is 1.90. The van der Waals surface area contributed by atoms with Crippen molar-refractivity contribution in [3.63, 3.8) is 0 Å². The second-order valence-corrected chi connectivity index (χ2v) is 4.21. The van der Waals surface area contributed by atoms with Crippen molar-refractivity contribution in [1.82, 2.24) is 0 Å². The van der Waals surface area contributed by atoms with Crippen LogP contribution < -0.4 is 0 Å². The minimum atomic E-state index is 1.07. The summed E-state index contributed by atoms with van der Waals surface area (Å²) in [5.74, 6) is 2.85. The first-order valence-corrected chi connectivity index (χ1v) is 6.27. The van der Waals surface area contributed by atoms with Gasteiger partial charge in [-0.2, -0.15) is 0 Å². The number of carbonyl (C=O) groups excluding carboxylic acids is 1. The molecular weight excluding hydrogens is 180 g/mol. The number of rotatable bonds is 9. The van der Waals surface area contributed by atoms with Crippen LogP contribution in [0.2, 0.25) is 0 Å². The number of thioether (sulfide) groups is 1. The van der Waals surface area contributed by atoms with Crippen molar-refractivity contribution < 1.29 is 4.79 Å². The molecule has 0 spiro atoms. The summed E-state index contributed by atoms with van der Waals surface area (Å²) in [6.07, 6.45) is 9.35. The van der Waals surface area contributed by atoms with Gasteiger partial charge in [0.1, 0.15) is 5.94 Å². The van der Waals surface area contributed by atoms with E-state index in [0.29, 0.717) is 0 Å². The van der Waals surface area contributed by atoms with Gasteiger partial charge in [-0.3, -0.25) is 0 Å². The first-order chi connectivity index (χ1) is 6.41. The van der Waals surface area contributed by atoms with Crippen LogP contribution in [-0.2, 0) is 4.79 Å². The van der Waals surface area contributed by atoms with Gasteiger partial charge in [0, 0.05) is 0 Å². The van der Waals surface area contributed by atoms with Gasteiger partial charge >= 0.3 is 0 Å². The van der Waals surface area contributed by atoms with Crippen LogP contribution in [0.25, 0.3) is 0 Å². The molecule has 0 aliphatic rings. The molecule has 0 N–H and O–H groups in total. The molecule has 0 amide bonds. The Morgan fingerprint density at radius 3 is 2.31 bits per heavy atom. The van der Waals surface area contributed by atoms with Gasteiger partial charge in [0.25, 0.3) is 0 Å². The van der Waals surface area contributed by atoms with Crippen LogP contribution in [-0.4, -0.2) is 11.7 Å². The second-order valence-electron chi connectivity index (χ2n) is 3.23. The fourth-order valence-corrected chi connectivity index (χ4v) is 1.79. The SMILES string of the molecule is CCCCCCCCCSC=C=O. The molecule has 0 rings (SSSR count). The van der Waals surface area contributed by atoms with Gasteiger partial charge in [-0.1, -0.05) is 45.4 Å². The molecule has 1 nitrogen and oxygen atoms in total. The molecule has 0 aliphatic heterocycles. The lowest BCUT2D eigenvalue weighted by atomic mass is 10.1. The highest BCUT2D eigenvalue weighted by atomic mass is 32.2. The predicted molar refractivity (Wildman–Crippen MR) is 60.7 cm³/mol. The van der Waals surface area contributed by atoms with E-state index in [1.165, 1.54) is 50.4 Å². The summed E-state index contributed by atoms with van der Waals surface area (Å²) in [7, 11) is 0. The third-order valence-corrected chi connectivity index (χ3v) is 2.78. The standard InChI is InChI=1S/C11H20OS/c1-2-3-4-5-6-7-8-10-13-11-9-12/h11H,2-8,10H2,1H3. The summed E-state index contributed by atoms with van der Waals surface area (Å²) < 4.78 is 0. The van der Waals surface area contributed by atoms with Gasteiger partial charge in [-0.25, -0.2) is 4.79 Å². The van der Waals surface area contributed by atoms with Gasteiger partial charge < -0.3 is 0 Å². The van der Waals surface area contributed by atoms with Crippen molar-refractivity contribution in [1.29, 1.82) is 0 Å². The molecule has 0 aliphatic carbocycles. The van der Waals surface area contributed by atoms with E-state index in [-0.39, 0.29) is 0 Å². The van der Waals surface area contributed by atoms with E-state index in [4.69, 9.17) is 0 Å². The molecule has 0 unspecified atom stereocenters. The highest BCUT2D eigenvalue weighted by molar-refractivity contribution is 8.02. The smallest absolute Gasteiger partial charge is 0.131 e. The molecule has 76 valence electrons. The summed E-state index contributed by atoms with van der Waals surface area (Å²) in [6, 6.07) is 0. The maximum Gasteiger partial charge on any atom is 0.131 e. The van der Waals surface area contributed by atoms with E-state index < -0.39 is 0 Å². The third kappa shape index (κ3) is 11.8. The molecule has 0 atom stereocenters. The van der Waals surface area contributed by atoms with Crippen LogP contribution in [0.3, 0.4) is 0 Å². The van der Waals surface area contributed by atoms with Crippen molar-refractivity contribution in [2.45, 2.75) is 51.9 Å². The van der Waals surface area contributed by atoms with E-state index in [2.05, 4.69) is 6.92 Å². The predicted octanol–water partition coefficient (Wildman–Crippen LogP) is 3.82. The van der Waals surface area contributed by atoms with Crippen LogP contribution in [0.15, 0.2) is 5.41 Å². The molecule has 0 radical (unpaired) electrons. The van der Waals surface area contributed by atoms with E-state index in [9.17, 15) is 4.79 Å². The highest BCUT2D eigenvalue weighted by Crippen LogP contribution is 2.10. The van der Waals surface area contributed by atoms with Crippen molar-refractivity contribution >= 4 is 17.7 Å². The minimum absolute atomic E-state index is 1.07. The monoisotopic (exact) mass is 200 g/mol. The zero-order valence-electron chi connectivity index (χ0n) is 8.55. The van der Waals surface area contributed by atoms with Gasteiger partial charge in [0.05, 0.1) is 5.41 Å². The molecule has 2 heteroatoms. The van der Waals surface area contributed by atoms with E-state index in [1.54, 1.807) is 17.7 Å². The van der Waals surface area contributed by atoms with E-state index in [0.717, 1.165) is 5.75 Å². The number of hydrogen-bond donors (Lipinski definition) is 0. The van der Waals surface area contributed by atoms with Crippen LogP contribution in [0.4, 0.5) is 0 Å². The Hall–Kier alpha value is -0.200. The molecule has 0 bridgehead atoms. The third-order valence-electron chi connectivity index (χ3n) is 2.00. The van der Waals surface area contributed by atoms with Crippen LogP contribution in [0.1, 0.15) is 51.9 Å². The van der Waals surface area contributed by atoms with Gasteiger partial charge in [0.15, 0.2) is 0 Å². The zero-order chi connectivity index (χ0) is 9.78. The lowest BCUT2D eigenvalue weighted by Gasteiger charge is -1.98. The van der Waals surface area contributed by atoms with Gasteiger partial charge in [0.2, 0.25) is 0 Å². The topological polar surface area (TPSA) is 17.1 Å². The van der Waals surface area contributed by atoms with Crippen molar-refractivity contribution in [3.05, 3.63) is 5.41 Å². The minimum Gasteiger partial charge on any atom is -0.233 e. The Morgan fingerprint density at radius 1 is 1.08 bits per heavy atom. The summed E-state index contributed by atoms with van der Waals surface area (Å²) in [4.78, 5) is 9.81. The number of unbranched alkanes of at least 4 members (excludes halogenated alkanes) is 6. The first kappa shape index (κ1) is 12.8. The van der Waals surface area contributed by atoms with Crippen LogP contribution in [0, 0.1) is 0 Å². The Bertz CT molecular complexity index is 139. The van der Waals surface area contributed by atoms with Crippen molar-refractivity contribution in [3.8, 4) is 0 Å². The maximum absolute atomic E-state index is 9.81. The zero-order valence-corrected chi connectivity index (χ0v) is 9.37. The Kier molecular flexibility index (Phi) is 11.6. The van der Waals surface area contributed by atoms with Crippen LogP contribution in [0.5, 0.6) is 0 Å². The largest absolute Gasteiger partial charge is 0.233 e. The molecule has 0 fully saturated rings. The normalized spacial score (nSPS) is 9.62. The summed E-state index contributed by atoms with van der Waals surface area (Å²) in [6.45, 7) is 2.24. The molecule has 13 heavy (non-hydrogen) atoms. The van der Waals surface area contributed by atoms with Gasteiger partial charge in [-0.05, 0) is 12.2 Å². The molecular formula is C11H20OS. The van der Waals surface area contributed by atoms with E-state index in [1.807, 2.05) is 0 Å². The molecule has 0 aromatic rings. The fourth-order valence-electron chi connectivity index (χ4n) is 1.24. The molecule has 0 saturated heterocycles. The first-order valence-electron chi connectivity index (χ1n) is 5.22. The van der Waals surface area contributed by atoms with E-state index >= 15 is 0 Å². The quantitative estimate of drug-likeness (QED) is 0.416. The van der Waals surface area contributed by atoms with Crippen molar-refractivity contribution in [2.75, 3.05) is 5.75 Å². The molecule has 0 heterocycles. The maximum atomic E-state index is 9.81. The fraction of sp³-hybridized carbons (Fsp3) is 0.818. The molecule has 0 aromatic heterocycles.